The van der Waals surface area contributed by atoms with Crippen LogP contribution in [-0.4, -0.2) is 16.1 Å². The van der Waals surface area contributed by atoms with Crippen LogP contribution in [0.1, 0.15) is 19.9 Å². The van der Waals surface area contributed by atoms with E-state index >= 15 is 0 Å². The first-order valence-corrected chi connectivity index (χ1v) is 5.97. The number of rotatable bonds is 3. The SMILES string of the molecule is CC(C)n1cc(N)c(-c2ccc(OC(F)(F)F)cc2)n1. The molecular formula is C13H14F3N3O. The Balaban J connectivity index is 2.26. The van der Waals surface area contributed by atoms with Crippen LogP contribution in [0.3, 0.4) is 0 Å². The molecule has 20 heavy (non-hydrogen) atoms. The van der Waals surface area contributed by atoms with Gasteiger partial charge < -0.3 is 10.5 Å². The van der Waals surface area contributed by atoms with Gasteiger partial charge in [-0.2, -0.15) is 5.10 Å². The van der Waals surface area contributed by atoms with E-state index in [-0.39, 0.29) is 11.8 Å². The third-order valence-corrected chi connectivity index (χ3v) is 2.65. The van der Waals surface area contributed by atoms with Crippen molar-refractivity contribution in [2.45, 2.75) is 26.3 Å². The predicted molar refractivity (Wildman–Crippen MR) is 69.1 cm³/mol. The second kappa shape index (κ2) is 5.07. The molecular weight excluding hydrogens is 271 g/mol. The Hall–Kier alpha value is -2.18. The standard InChI is InChI=1S/C13H14F3N3O/c1-8(2)19-7-11(17)12(18-19)9-3-5-10(6-4-9)20-13(14,15)16/h3-8H,17H2,1-2H3. The molecule has 2 rings (SSSR count). The van der Waals surface area contributed by atoms with Crippen molar-refractivity contribution in [3.63, 3.8) is 0 Å². The molecule has 1 heterocycles. The van der Waals surface area contributed by atoms with Crippen LogP contribution in [0.15, 0.2) is 30.5 Å². The summed E-state index contributed by atoms with van der Waals surface area (Å²) in [6.45, 7) is 3.91. The van der Waals surface area contributed by atoms with Gasteiger partial charge in [-0.25, -0.2) is 0 Å². The average Bonchev–Trinajstić information content (AvgIpc) is 2.70. The van der Waals surface area contributed by atoms with Gasteiger partial charge in [-0.05, 0) is 38.1 Å². The maximum atomic E-state index is 12.1. The van der Waals surface area contributed by atoms with Crippen molar-refractivity contribution in [2.75, 3.05) is 5.73 Å². The highest BCUT2D eigenvalue weighted by molar-refractivity contribution is 5.72. The van der Waals surface area contributed by atoms with Gasteiger partial charge in [0.1, 0.15) is 11.4 Å². The zero-order chi connectivity index (χ0) is 14.9. The van der Waals surface area contributed by atoms with Crippen LogP contribution in [0, 0.1) is 0 Å². The molecule has 0 spiro atoms. The van der Waals surface area contributed by atoms with Crippen LogP contribution in [0.5, 0.6) is 5.75 Å². The number of nitrogens with zero attached hydrogens (tertiary/aromatic N) is 2. The number of ether oxygens (including phenoxy) is 1. The average molecular weight is 285 g/mol. The lowest BCUT2D eigenvalue weighted by atomic mass is 10.1. The first kappa shape index (κ1) is 14.2. The molecule has 108 valence electrons. The minimum Gasteiger partial charge on any atom is -0.406 e. The maximum absolute atomic E-state index is 12.1. The molecule has 1 aromatic carbocycles. The van der Waals surface area contributed by atoms with E-state index in [0.29, 0.717) is 16.9 Å². The predicted octanol–water partition coefficient (Wildman–Crippen LogP) is 3.61. The summed E-state index contributed by atoms with van der Waals surface area (Å²) in [5.41, 5.74) is 7.51. The lowest BCUT2D eigenvalue weighted by Gasteiger charge is -2.09. The Morgan fingerprint density at radius 1 is 1.20 bits per heavy atom. The van der Waals surface area contributed by atoms with Crippen molar-refractivity contribution in [3.8, 4) is 17.0 Å². The highest BCUT2D eigenvalue weighted by Gasteiger charge is 2.31. The zero-order valence-electron chi connectivity index (χ0n) is 11.0. The van der Waals surface area contributed by atoms with Crippen LogP contribution in [0.25, 0.3) is 11.3 Å². The number of hydrogen-bond acceptors (Lipinski definition) is 3. The van der Waals surface area contributed by atoms with E-state index in [1.807, 2.05) is 13.8 Å². The third kappa shape index (κ3) is 3.23. The molecule has 0 saturated heterocycles. The molecule has 2 aromatic rings. The summed E-state index contributed by atoms with van der Waals surface area (Å²) in [4.78, 5) is 0. The van der Waals surface area contributed by atoms with Gasteiger partial charge in [0.05, 0.1) is 5.69 Å². The molecule has 0 aliphatic carbocycles. The molecule has 7 heteroatoms. The Labute approximate surface area is 114 Å². The number of nitrogens with two attached hydrogens (primary N) is 1. The van der Waals surface area contributed by atoms with Gasteiger partial charge in [0.2, 0.25) is 0 Å². The summed E-state index contributed by atoms with van der Waals surface area (Å²) in [6.07, 6.45) is -3.00. The summed E-state index contributed by atoms with van der Waals surface area (Å²) in [6, 6.07) is 5.60. The van der Waals surface area contributed by atoms with Crippen molar-refractivity contribution in [1.82, 2.24) is 9.78 Å². The number of anilines is 1. The van der Waals surface area contributed by atoms with Crippen LogP contribution >= 0.6 is 0 Å². The quantitative estimate of drug-likeness (QED) is 0.937. The lowest BCUT2D eigenvalue weighted by molar-refractivity contribution is -0.274. The number of hydrogen-bond donors (Lipinski definition) is 1. The summed E-state index contributed by atoms with van der Waals surface area (Å²) in [5.74, 6) is -0.275. The van der Waals surface area contributed by atoms with E-state index < -0.39 is 6.36 Å². The van der Waals surface area contributed by atoms with Gasteiger partial charge in [0.25, 0.3) is 0 Å². The lowest BCUT2D eigenvalue weighted by Crippen LogP contribution is -2.16. The molecule has 0 saturated carbocycles. The minimum absolute atomic E-state index is 0.152. The largest absolute Gasteiger partial charge is 0.573 e. The Morgan fingerprint density at radius 3 is 2.25 bits per heavy atom. The van der Waals surface area contributed by atoms with Crippen molar-refractivity contribution >= 4 is 5.69 Å². The minimum atomic E-state index is -4.69. The fourth-order valence-corrected chi connectivity index (χ4v) is 1.71. The molecule has 0 amide bonds. The molecule has 0 bridgehead atoms. The van der Waals surface area contributed by atoms with Crippen LogP contribution in [0.4, 0.5) is 18.9 Å². The third-order valence-electron chi connectivity index (χ3n) is 2.65. The molecule has 0 radical (unpaired) electrons. The first-order valence-electron chi connectivity index (χ1n) is 5.97. The monoisotopic (exact) mass is 285 g/mol. The summed E-state index contributed by atoms with van der Waals surface area (Å²) < 4.78 is 41.7. The van der Waals surface area contributed by atoms with Crippen LogP contribution in [-0.2, 0) is 0 Å². The Kier molecular flexibility index (Phi) is 3.61. The number of alkyl halides is 3. The van der Waals surface area contributed by atoms with E-state index in [2.05, 4.69) is 9.84 Å². The second-order valence-corrected chi connectivity index (χ2v) is 4.58. The molecule has 0 aliphatic heterocycles. The Bertz CT molecular complexity index is 588. The van der Waals surface area contributed by atoms with Crippen molar-refractivity contribution in [1.29, 1.82) is 0 Å². The molecule has 0 fully saturated rings. The molecule has 0 unspecified atom stereocenters. The van der Waals surface area contributed by atoms with E-state index in [1.165, 1.54) is 24.3 Å². The maximum Gasteiger partial charge on any atom is 0.573 e. The van der Waals surface area contributed by atoms with E-state index in [4.69, 9.17) is 5.73 Å². The molecule has 1 aromatic heterocycles. The molecule has 2 N–H and O–H groups in total. The van der Waals surface area contributed by atoms with Gasteiger partial charge in [0.15, 0.2) is 0 Å². The normalized spacial score (nSPS) is 11.9. The van der Waals surface area contributed by atoms with Crippen LogP contribution < -0.4 is 10.5 Å². The number of benzene rings is 1. The molecule has 0 atom stereocenters. The topological polar surface area (TPSA) is 53.1 Å². The molecule has 4 nitrogen and oxygen atoms in total. The van der Waals surface area contributed by atoms with E-state index in [1.54, 1.807) is 10.9 Å². The van der Waals surface area contributed by atoms with Crippen molar-refractivity contribution < 1.29 is 17.9 Å². The number of nitrogen functional groups attached to an aromatic ring is 1. The van der Waals surface area contributed by atoms with Crippen molar-refractivity contribution in [2.24, 2.45) is 0 Å². The number of aromatic nitrogens is 2. The van der Waals surface area contributed by atoms with E-state index in [9.17, 15) is 13.2 Å². The summed E-state index contributed by atoms with van der Waals surface area (Å²) in [7, 11) is 0. The fraction of sp³-hybridized carbons (Fsp3) is 0.308. The van der Waals surface area contributed by atoms with E-state index in [0.717, 1.165) is 0 Å². The highest BCUT2D eigenvalue weighted by Crippen LogP contribution is 2.29. The zero-order valence-corrected chi connectivity index (χ0v) is 11.0. The van der Waals surface area contributed by atoms with Gasteiger partial charge in [0, 0.05) is 17.8 Å². The van der Waals surface area contributed by atoms with Gasteiger partial charge in [-0.3, -0.25) is 4.68 Å². The Morgan fingerprint density at radius 2 is 1.80 bits per heavy atom. The number of halogens is 3. The van der Waals surface area contributed by atoms with Crippen molar-refractivity contribution in [3.05, 3.63) is 30.5 Å². The van der Waals surface area contributed by atoms with Gasteiger partial charge in [-0.1, -0.05) is 0 Å². The summed E-state index contributed by atoms with van der Waals surface area (Å²) >= 11 is 0. The molecule has 0 aliphatic rings. The first-order chi connectivity index (χ1) is 9.26. The van der Waals surface area contributed by atoms with Gasteiger partial charge in [-0.15, -0.1) is 13.2 Å². The smallest absolute Gasteiger partial charge is 0.406 e. The second-order valence-electron chi connectivity index (χ2n) is 4.58. The van der Waals surface area contributed by atoms with Crippen LogP contribution in [0.2, 0.25) is 0 Å². The summed E-state index contributed by atoms with van der Waals surface area (Å²) in [5, 5.41) is 4.31. The van der Waals surface area contributed by atoms with Gasteiger partial charge >= 0.3 is 6.36 Å². The fourth-order valence-electron chi connectivity index (χ4n) is 1.71. The highest BCUT2D eigenvalue weighted by atomic mass is 19.4.